The van der Waals surface area contributed by atoms with Crippen molar-refractivity contribution >= 4 is 50.6 Å². The number of fused-ring (bicyclic) bond motifs is 1. The van der Waals surface area contributed by atoms with Gasteiger partial charge in [0.05, 0.1) is 15.3 Å². The molecule has 3 heterocycles. The zero-order valence-electron chi connectivity index (χ0n) is 18.4. The summed E-state index contributed by atoms with van der Waals surface area (Å²) in [6.45, 7) is 4.10. The molecular weight excluding hydrogens is 473 g/mol. The number of anilines is 2. The highest BCUT2D eigenvalue weighted by molar-refractivity contribution is 7.20. The van der Waals surface area contributed by atoms with E-state index in [-0.39, 0.29) is 10.9 Å². The van der Waals surface area contributed by atoms with Gasteiger partial charge in [0.15, 0.2) is 0 Å². The Kier molecular flexibility index (Phi) is 6.71. The second kappa shape index (κ2) is 10.0. The number of rotatable bonds is 5. The number of amides is 1. The molecule has 0 saturated carbocycles. The Balaban J connectivity index is 1.30. The van der Waals surface area contributed by atoms with Crippen molar-refractivity contribution in [1.29, 1.82) is 0 Å². The molecule has 5 rings (SSSR count). The highest BCUT2D eigenvalue weighted by Crippen LogP contribution is 2.31. The molecule has 1 aliphatic rings. The number of hydrogen-bond donors (Lipinski definition) is 1. The number of carbonyl (C=O) groups excluding carboxylic acids is 1. The highest BCUT2D eigenvalue weighted by Gasteiger charge is 2.23. The van der Waals surface area contributed by atoms with E-state index < -0.39 is 5.82 Å². The minimum Gasteiger partial charge on any atom is -0.340 e. The Morgan fingerprint density at radius 3 is 2.74 bits per heavy atom. The molecule has 0 atom stereocenters. The second-order valence-electron chi connectivity index (χ2n) is 8.21. The van der Waals surface area contributed by atoms with Crippen LogP contribution in [0.25, 0.3) is 10.2 Å². The topological polar surface area (TPSA) is 61.4 Å². The monoisotopic (exact) mass is 495 g/mol. The normalized spacial score (nSPS) is 14.8. The van der Waals surface area contributed by atoms with E-state index in [1.165, 1.54) is 35.4 Å². The van der Waals surface area contributed by atoms with Crippen LogP contribution >= 0.6 is 22.9 Å². The molecule has 0 spiro atoms. The van der Waals surface area contributed by atoms with Gasteiger partial charge in [0.1, 0.15) is 22.8 Å². The number of thiophene rings is 1. The van der Waals surface area contributed by atoms with Crippen LogP contribution in [0.15, 0.2) is 60.9 Å². The Hall–Kier alpha value is -3.07. The van der Waals surface area contributed by atoms with Crippen molar-refractivity contribution in [2.45, 2.75) is 13.0 Å². The van der Waals surface area contributed by atoms with Crippen LogP contribution in [0, 0.1) is 5.82 Å². The summed E-state index contributed by atoms with van der Waals surface area (Å²) in [5.41, 5.74) is 1.89. The van der Waals surface area contributed by atoms with Gasteiger partial charge in [-0.05, 0) is 36.2 Å². The van der Waals surface area contributed by atoms with Crippen LogP contribution in [0.1, 0.15) is 21.7 Å². The van der Waals surface area contributed by atoms with Gasteiger partial charge in [0, 0.05) is 38.4 Å². The quantitative estimate of drug-likeness (QED) is 0.392. The minimum absolute atomic E-state index is 0.0142. The zero-order chi connectivity index (χ0) is 23.5. The van der Waals surface area contributed by atoms with E-state index in [0.29, 0.717) is 22.9 Å². The lowest BCUT2D eigenvalue weighted by Gasteiger charge is -2.21. The summed E-state index contributed by atoms with van der Waals surface area (Å²) in [6, 6.07) is 16.6. The molecule has 1 aliphatic heterocycles. The third-order valence-corrected chi connectivity index (χ3v) is 7.17. The first-order valence-electron chi connectivity index (χ1n) is 11.1. The number of nitrogens with one attached hydrogen (secondary N) is 1. The van der Waals surface area contributed by atoms with Gasteiger partial charge in [0.25, 0.3) is 5.91 Å². The van der Waals surface area contributed by atoms with E-state index in [4.69, 9.17) is 11.6 Å². The fourth-order valence-corrected chi connectivity index (χ4v) is 5.25. The van der Waals surface area contributed by atoms with Crippen LogP contribution < -0.4 is 5.32 Å². The van der Waals surface area contributed by atoms with Crippen molar-refractivity contribution in [2.24, 2.45) is 0 Å². The number of carbonyl (C=O) groups is 1. The molecule has 1 N–H and O–H groups in total. The smallest absolute Gasteiger partial charge is 0.264 e. The van der Waals surface area contributed by atoms with E-state index >= 15 is 0 Å². The lowest BCUT2D eigenvalue weighted by molar-refractivity contribution is 0.0766. The maximum atomic E-state index is 13.5. The molecule has 6 nitrogen and oxygen atoms in total. The molecular formula is C25H23ClFN5OS. The summed E-state index contributed by atoms with van der Waals surface area (Å²) in [4.78, 5) is 27.7. The first kappa shape index (κ1) is 22.7. The molecule has 0 bridgehead atoms. The molecule has 34 heavy (non-hydrogen) atoms. The van der Waals surface area contributed by atoms with Gasteiger partial charge in [-0.3, -0.25) is 9.69 Å². The first-order valence-corrected chi connectivity index (χ1v) is 12.3. The molecule has 9 heteroatoms. The van der Waals surface area contributed by atoms with Crippen LogP contribution in [0.4, 0.5) is 15.9 Å². The molecule has 174 valence electrons. The maximum absolute atomic E-state index is 13.5. The lowest BCUT2D eigenvalue weighted by atomic mass is 10.2. The van der Waals surface area contributed by atoms with Gasteiger partial charge in [-0.25, -0.2) is 14.4 Å². The minimum atomic E-state index is -0.483. The molecule has 1 fully saturated rings. The molecule has 2 aromatic carbocycles. The molecule has 0 radical (unpaired) electrons. The Bertz CT molecular complexity index is 1320. The van der Waals surface area contributed by atoms with Crippen molar-refractivity contribution in [3.05, 3.63) is 82.2 Å². The summed E-state index contributed by atoms with van der Waals surface area (Å²) >= 11 is 7.26. The van der Waals surface area contributed by atoms with E-state index in [9.17, 15) is 9.18 Å². The Morgan fingerprint density at radius 1 is 1.06 bits per heavy atom. The summed E-state index contributed by atoms with van der Waals surface area (Å²) in [5, 5.41) is 3.93. The van der Waals surface area contributed by atoms with E-state index in [1.807, 2.05) is 17.0 Å². The maximum Gasteiger partial charge on any atom is 0.264 e. The van der Waals surface area contributed by atoms with Crippen LogP contribution in [0.2, 0.25) is 5.02 Å². The van der Waals surface area contributed by atoms with Gasteiger partial charge in [-0.2, -0.15) is 0 Å². The van der Waals surface area contributed by atoms with Crippen molar-refractivity contribution in [3.8, 4) is 0 Å². The number of halogens is 2. The summed E-state index contributed by atoms with van der Waals surface area (Å²) < 4.78 is 13.5. The molecule has 0 unspecified atom stereocenters. The van der Waals surface area contributed by atoms with Crippen LogP contribution in [0.3, 0.4) is 0 Å². The van der Waals surface area contributed by atoms with Crippen molar-refractivity contribution < 1.29 is 9.18 Å². The fourth-order valence-electron chi connectivity index (χ4n) is 4.10. The fraction of sp³-hybridized carbons (Fsp3) is 0.240. The number of nitrogens with zero attached hydrogens (tertiary/aromatic N) is 4. The van der Waals surface area contributed by atoms with Gasteiger partial charge < -0.3 is 10.2 Å². The predicted octanol–water partition coefficient (Wildman–Crippen LogP) is 5.58. The predicted molar refractivity (Wildman–Crippen MR) is 134 cm³/mol. The van der Waals surface area contributed by atoms with Gasteiger partial charge in [-0.15, -0.1) is 11.3 Å². The third-order valence-electron chi connectivity index (χ3n) is 5.85. The van der Waals surface area contributed by atoms with Gasteiger partial charge in [0.2, 0.25) is 0 Å². The van der Waals surface area contributed by atoms with Crippen LogP contribution in [-0.2, 0) is 6.54 Å². The molecule has 4 aromatic rings. The molecule has 1 amide bonds. The molecule has 0 aliphatic carbocycles. The number of benzene rings is 2. The Morgan fingerprint density at radius 2 is 1.91 bits per heavy atom. The van der Waals surface area contributed by atoms with Crippen molar-refractivity contribution in [2.75, 3.05) is 31.5 Å². The van der Waals surface area contributed by atoms with Gasteiger partial charge in [-0.1, -0.05) is 41.9 Å². The number of hydrogen-bond acceptors (Lipinski definition) is 6. The average molecular weight is 496 g/mol. The van der Waals surface area contributed by atoms with Crippen LogP contribution in [-0.4, -0.2) is 51.9 Å². The Labute approximate surface area is 206 Å². The van der Waals surface area contributed by atoms with Crippen LogP contribution in [0.5, 0.6) is 0 Å². The summed E-state index contributed by atoms with van der Waals surface area (Å²) in [5.74, 6) is 0.0801. The number of aromatic nitrogens is 2. The standard InChI is InChI=1S/C25H23ClFN5OS/c26-20-13-18(7-8-21(20)27)30-23-19-14-22(34-24(19)29-16-28-23)25(33)32-10-4-9-31(11-12-32)15-17-5-2-1-3-6-17/h1-3,5-8,13-14,16H,4,9-12,15H2,(H,28,29,30). The van der Waals surface area contributed by atoms with Crippen molar-refractivity contribution in [3.63, 3.8) is 0 Å². The second-order valence-corrected chi connectivity index (χ2v) is 9.65. The average Bonchev–Trinajstić information content (AvgIpc) is 3.16. The van der Waals surface area contributed by atoms with E-state index in [0.717, 1.165) is 42.8 Å². The van der Waals surface area contributed by atoms with Gasteiger partial charge >= 0.3 is 0 Å². The lowest BCUT2D eigenvalue weighted by Crippen LogP contribution is -2.34. The summed E-state index contributed by atoms with van der Waals surface area (Å²) in [7, 11) is 0. The SMILES string of the molecule is O=C(c1cc2c(Nc3ccc(F)c(Cl)c3)ncnc2s1)N1CCCN(Cc2ccccc2)CC1. The van der Waals surface area contributed by atoms with E-state index in [2.05, 4.69) is 44.5 Å². The highest BCUT2D eigenvalue weighted by atomic mass is 35.5. The first-order chi connectivity index (χ1) is 16.6. The zero-order valence-corrected chi connectivity index (χ0v) is 19.9. The van der Waals surface area contributed by atoms with E-state index in [1.54, 1.807) is 6.07 Å². The molecule has 2 aromatic heterocycles. The summed E-state index contributed by atoms with van der Waals surface area (Å²) in [6.07, 6.45) is 2.38. The largest absolute Gasteiger partial charge is 0.340 e. The third kappa shape index (κ3) is 5.04. The van der Waals surface area contributed by atoms with Crippen molar-refractivity contribution in [1.82, 2.24) is 19.8 Å². The molecule has 1 saturated heterocycles.